The molecule has 0 aliphatic carbocycles. The fourth-order valence-corrected chi connectivity index (χ4v) is 1.06. The Kier molecular flexibility index (Phi) is 3.97. The van der Waals surface area contributed by atoms with Crippen LogP contribution in [0.4, 0.5) is 21.9 Å². The summed E-state index contributed by atoms with van der Waals surface area (Å²) in [5, 5.41) is 21.2. The number of benzene rings is 1. The smallest absolute Gasteiger partial charge is 0.425 e. The Morgan fingerprint density at radius 2 is 1.94 bits per heavy atom. The molecule has 0 unspecified atom stereocenters. The molecule has 10 nitrogen and oxygen atoms in total. The molecule has 1 rings (SSSR count). The van der Waals surface area contributed by atoms with Gasteiger partial charge in [0.1, 0.15) is 5.69 Å². The fourth-order valence-electron chi connectivity index (χ4n) is 1.06. The Labute approximate surface area is 99.8 Å². The molecule has 1 amide bonds. The predicted octanol–water partition coefficient (Wildman–Crippen LogP) is 1.19. The summed E-state index contributed by atoms with van der Waals surface area (Å²) in [6.45, 7) is 0. The van der Waals surface area contributed by atoms with Crippen LogP contribution >= 0.6 is 0 Å². The largest absolute Gasteiger partial charge is 0.452 e. The van der Waals surface area contributed by atoms with E-state index in [9.17, 15) is 25.0 Å². The highest BCUT2D eigenvalue weighted by Gasteiger charge is 2.19. The van der Waals surface area contributed by atoms with Crippen LogP contribution in [0.3, 0.4) is 0 Å². The van der Waals surface area contributed by atoms with Gasteiger partial charge < -0.3 is 4.74 Å². The molecule has 18 heavy (non-hydrogen) atoms. The first-order valence-corrected chi connectivity index (χ1v) is 4.48. The number of carbonyl (C=O) groups is 1. The second kappa shape index (κ2) is 5.43. The number of anilines is 1. The van der Waals surface area contributed by atoms with Gasteiger partial charge in [-0.25, -0.2) is 10.2 Å². The molecule has 0 aromatic heterocycles. The molecule has 0 heterocycles. The number of nitro benzene ring substituents is 2. The number of nitrogens with one attached hydrogen (secondary N) is 2. The molecule has 0 saturated heterocycles. The molecule has 0 fully saturated rings. The predicted molar refractivity (Wildman–Crippen MR) is 58.9 cm³/mol. The van der Waals surface area contributed by atoms with Gasteiger partial charge in [0.05, 0.1) is 23.0 Å². The van der Waals surface area contributed by atoms with Crippen molar-refractivity contribution < 1.29 is 19.4 Å². The van der Waals surface area contributed by atoms with Crippen LogP contribution < -0.4 is 10.9 Å². The Bertz CT molecular complexity index is 502. The highest BCUT2D eigenvalue weighted by molar-refractivity contribution is 5.72. The Morgan fingerprint density at radius 3 is 2.44 bits per heavy atom. The maximum absolute atomic E-state index is 10.8. The average Bonchev–Trinajstić information content (AvgIpc) is 2.35. The second-order valence-corrected chi connectivity index (χ2v) is 2.96. The van der Waals surface area contributed by atoms with Gasteiger partial charge in [-0.3, -0.25) is 25.7 Å². The van der Waals surface area contributed by atoms with E-state index in [0.717, 1.165) is 25.3 Å². The van der Waals surface area contributed by atoms with E-state index in [2.05, 4.69) is 10.2 Å². The Morgan fingerprint density at radius 1 is 1.28 bits per heavy atom. The van der Waals surface area contributed by atoms with Crippen molar-refractivity contribution >= 4 is 23.2 Å². The minimum Gasteiger partial charge on any atom is -0.452 e. The first-order valence-electron chi connectivity index (χ1n) is 4.48. The van der Waals surface area contributed by atoms with E-state index in [4.69, 9.17) is 0 Å². The molecule has 0 bridgehead atoms. The lowest BCUT2D eigenvalue weighted by Gasteiger charge is -2.07. The number of nitrogens with zero attached hydrogens (tertiary/aromatic N) is 2. The molecule has 0 aliphatic rings. The van der Waals surface area contributed by atoms with Gasteiger partial charge in [-0.15, -0.1) is 0 Å². The lowest BCUT2D eigenvalue weighted by Crippen LogP contribution is -2.29. The lowest BCUT2D eigenvalue weighted by atomic mass is 10.2. The van der Waals surface area contributed by atoms with Crippen molar-refractivity contribution in [1.29, 1.82) is 0 Å². The van der Waals surface area contributed by atoms with Crippen LogP contribution in [0, 0.1) is 20.2 Å². The van der Waals surface area contributed by atoms with Crippen molar-refractivity contribution in [3.05, 3.63) is 38.4 Å². The number of nitro groups is 2. The molecule has 1 aromatic carbocycles. The molecule has 0 radical (unpaired) electrons. The van der Waals surface area contributed by atoms with E-state index in [1.54, 1.807) is 0 Å². The lowest BCUT2D eigenvalue weighted by molar-refractivity contribution is -0.393. The maximum atomic E-state index is 10.8. The van der Waals surface area contributed by atoms with Gasteiger partial charge in [0.25, 0.3) is 5.69 Å². The van der Waals surface area contributed by atoms with Gasteiger partial charge in [0.15, 0.2) is 0 Å². The molecule has 0 saturated carbocycles. The molecule has 96 valence electrons. The van der Waals surface area contributed by atoms with Crippen LogP contribution in [0.2, 0.25) is 0 Å². The summed E-state index contributed by atoms with van der Waals surface area (Å²) in [7, 11) is 1.11. The van der Waals surface area contributed by atoms with E-state index in [1.807, 2.05) is 5.43 Å². The third-order valence-corrected chi connectivity index (χ3v) is 1.87. The van der Waals surface area contributed by atoms with Crippen molar-refractivity contribution in [2.45, 2.75) is 0 Å². The van der Waals surface area contributed by atoms with Crippen molar-refractivity contribution in [2.24, 2.45) is 0 Å². The summed E-state index contributed by atoms with van der Waals surface area (Å²) in [6, 6.07) is 2.95. The highest BCUT2D eigenvalue weighted by atomic mass is 16.6. The average molecular weight is 256 g/mol. The number of rotatable bonds is 4. The van der Waals surface area contributed by atoms with Crippen LogP contribution in [-0.2, 0) is 4.74 Å². The first kappa shape index (κ1) is 13.2. The molecule has 1 aromatic rings. The summed E-state index contributed by atoms with van der Waals surface area (Å²) in [6.07, 6.45) is -0.859. The van der Waals surface area contributed by atoms with Crippen molar-refractivity contribution in [2.75, 3.05) is 12.5 Å². The standard InChI is InChI=1S/C8H8N4O6/c1-18-8(13)10-9-6-3-2-5(11(14)15)4-7(6)12(16)17/h2-4,9H,1H3,(H,10,13). The minimum atomic E-state index is -0.859. The number of hydrazine groups is 1. The van der Waals surface area contributed by atoms with Crippen LogP contribution in [0.25, 0.3) is 0 Å². The minimum absolute atomic E-state index is 0.101. The Hall–Kier alpha value is -2.91. The van der Waals surface area contributed by atoms with Gasteiger partial charge in [-0.2, -0.15) is 0 Å². The number of hydrogen-bond acceptors (Lipinski definition) is 7. The summed E-state index contributed by atoms with van der Waals surface area (Å²) in [5.41, 5.74) is 3.16. The van der Waals surface area contributed by atoms with Gasteiger partial charge in [-0.05, 0) is 6.07 Å². The maximum Gasteiger partial charge on any atom is 0.425 e. The number of methoxy groups -OCH3 is 1. The fraction of sp³-hybridized carbons (Fsp3) is 0.125. The van der Waals surface area contributed by atoms with Gasteiger partial charge in [0, 0.05) is 6.07 Å². The van der Waals surface area contributed by atoms with Crippen LogP contribution in [0.1, 0.15) is 0 Å². The van der Waals surface area contributed by atoms with Gasteiger partial charge in [0.2, 0.25) is 0 Å². The molecule has 10 heteroatoms. The van der Waals surface area contributed by atoms with Crippen molar-refractivity contribution in [3.63, 3.8) is 0 Å². The van der Waals surface area contributed by atoms with Crippen LogP contribution in [0.5, 0.6) is 0 Å². The molecular formula is C8H8N4O6. The van der Waals surface area contributed by atoms with Crippen molar-refractivity contribution in [1.82, 2.24) is 5.43 Å². The zero-order valence-electron chi connectivity index (χ0n) is 9.08. The zero-order valence-corrected chi connectivity index (χ0v) is 9.08. The summed E-state index contributed by atoms with van der Waals surface area (Å²) >= 11 is 0. The number of amides is 1. The van der Waals surface area contributed by atoms with E-state index >= 15 is 0 Å². The summed E-state index contributed by atoms with van der Waals surface area (Å²) in [5.74, 6) is 0. The molecule has 2 N–H and O–H groups in total. The SMILES string of the molecule is COC(=O)NNc1ccc([N+](=O)[O-])cc1[N+](=O)[O-]. The number of non-ortho nitro benzene ring substituents is 1. The number of hydrogen-bond donors (Lipinski definition) is 2. The van der Waals surface area contributed by atoms with Gasteiger partial charge >= 0.3 is 11.8 Å². The van der Waals surface area contributed by atoms with Crippen LogP contribution in [-0.4, -0.2) is 23.0 Å². The first-order chi connectivity index (χ1) is 8.45. The summed E-state index contributed by atoms with van der Waals surface area (Å²) in [4.78, 5) is 30.4. The number of carbonyl (C=O) groups excluding carboxylic acids is 1. The molecular weight excluding hydrogens is 248 g/mol. The molecule has 0 atom stereocenters. The highest BCUT2D eigenvalue weighted by Crippen LogP contribution is 2.28. The van der Waals surface area contributed by atoms with Crippen molar-refractivity contribution in [3.8, 4) is 0 Å². The normalized spacial score (nSPS) is 9.39. The topological polar surface area (TPSA) is 137 Å². The summed E-state index contributed by atoms with van der Waals surface area (Å²) < 4.78 is 4.24. The second-order valence-electron chi connectivity index (χ2n) is 2.96. The van der Waals surface area contributed by atoms with Crippen LogP contribution in [0.15, 0.2) is 18.2 Å². The third kappa shape index (κ3) is 3.04. The van der Waals surface area contributed by atoms with E-state index < -0.39 is 27.3 Å². The zero-order chi connectivity index (χ0) is 13.7. The van der Waals surface area contributed by atoms with Gasteiger partial charge in [-0.1, -0.05) is 0 Å². The monoisotopic (exact) mass is 256 g/mol. The molecule has 0 aliphatic heterocycles. The number of ether oxygens (including phenoxy) is 1. The van der Waals surface area contributed by atoms with E-state index in [-0.39, 0.29) is 5.69 Å². The third-order valence-electron chi connectivity index (χ3n) is 1.87. The van der Waals surface area contributed by atoms with E-state index in [1.165, 1.54) is 0 Å². The Balaban J connectivity index is 3.00. The van der Waals surface area contributed by atoms with E-state index in [0.29, 0.717) is 0 Å². The quantitative estimate of drug-likeness (QED) is 0.609. The molecule has 0 spiro atoms.